The molecule has 0 radical (unpaired) electrons. The minimum absolute atomic E-state index is 0.268. The van der Waals surface area contributed by atoms with Crippen LogP contribution in [0.5, 0.6) is 5.75 Å². The molecule has 0 fully saturated rings. The fourth-order valence-corrected chi connectivity index (χ4v) is 2.78. The van der Waals surface area contributed by atoms with Gasteiger partial charge in [0.1, 0.15) is 11.3 Å². The average molecular weight is 299 g/mol. The third kappa shape index (κ3) is 6.88. The molecule has 114 valence electrons. The molecule has 0 saturated heterocycles. The first-order valence-corrected chi connectivity index (χ1v) is 8.58. The van der Waals surface area contributed by atoms with Crippen molar-refractivity contribution in [3.8, 4) is 5.75 Å². The number of carbonyl (C=O) groups excluding carboxylic acids is 1. The molecule has 20 heavy (non-hydrogen) atoms. The monoisotopic (exact) mass is 299 g/mol. The van der Waals surface area contributed by atoms with Crippen molar-refractivity contribution in [3.05, 3.63) is 30.3 Å². The summed E-state index contributed by atoms with van der Waals surface area (Å²) in [5.41, 5.74) is -0.745. The lowest BCUT2D eigenvalue weighted by molar-refractivity contribution is -0.148. The second kappa shape index (κ2) is 9.73. The van der Waals surface area contributed by atoms with Gasteiger partial charge < -0.3 is 9.26 Å². The van der Waals surface area contributed by atoms with Gasteiger partial charge in [-0.1, -0.05) is 32.0 Å². The van der Waals surface area contributed by atoms with Crippen molar-refractivity contribution in [2.75, 3.05) is 13.3 Å². The molecule has 0 bridgehead atoms. The van der Waals surface area contributed by atoms with E-state index < -0.39 is 13.8 Å². The smallest absolute Gasteiger partial charge is 0.326 e. The van der Waals surface area contributed by atoms with Crippen molar-refractivity contribution in [2.24, 2.45) is 0 Å². The third-order valence-corrected chi connectivity index (χ3v) is 3.57. The number of benzene rings is 1. The molecule has 0 spiro atoms. The molecule has 0 amide bonds. The summed E-state index contributed by atoms with van der Waals surface area (Å²) in [6.07, 6.45) is 0. The summed E-state index contributed by atoms with van der Waals surface area (Å²) in [5.74, 6) is 0.522. The first-order valence-electron chi connectivity index (χ1n) is 6.87. The molecule has 1 aromatic carbocycles. The molecule has 0 aliphatic carbocycles. The summed E-state index contributed by atoms with van der Waals surface area (Å²) in [7, 11) is -0.939. The highest BCUT2D eigenvalue weighted by molar-refractivity contribution is 7.50. The van der Waals surface area contributed by atoms with Crippen molar-refractivity contribution >= 4 is 14.3 Å². The first-order chi connectivity index (χ1) is 9.45. The van der Waals surface area contributed by atoms with E-state index in [4.69, 9.17) is 9.26 Å². The molecule has 0 heterocycles. The predicted octanol–water partition coefficient (Wildman–Crippen LogP) is 3.96. The van der Waals surface area contributed by atoms with Crippen LogP contribution < -0.4 is 9.61 Å². The van der Waals surface area contributed by atoms with E-state index in [1.165, 1.54) is 0 Å². The maximum absolute atomic E-state index is 11.7. The Bertz CT molecular complexity index is 382. The zero-order valence-electron chi connectivity index (χ0n) is 13.3. The van der Waals surface area contributed by atoms with Gasteiger partial charge in [-0.05, 0) is 32.9 Å². The van der Waals surface area contributed by atoms with Crippen molar-refractivity contribution in [2.45, 2.75) is 40.2 Å². The van der Waals surface area contributed by atoms with Crippen LogP contribution in [0.15, 0.2) is 30.3 Å². The summed E-state index contributed by atoms with van der Waals surface area (Å²) in [5, 5.41) is 3.16. The van der Waals surface area contributed by atoms with Crippen molar-refractivity contribution in [1.82, 2.24) is 5.09 Å². The Hall–Kier alpha value is -1.12. The zero-order chi connectivity index (χ0) is 15.6. The molecule has 5 heteroatoms. The van der Waals surface area contributed by atoms with E-state index in [2.05, 4.69) is 5.09 Å². The van der Waals surface area contributed by atoms with Crippen LogP contribution in [-0.2, 0) is 9.53 Å². The number of ether oxygens (including phenoxy) is 1. The number of hydrogen-bond acceptors (Lipinski definition) is 4. The van der Waals surface area contributed by atoms with Crippen LogP contribution in [0.4, 0.5) is 0 Å². The Morgan fingerprint density at radius 1 is 1.25 bits per heavy atom. The Morgan fingerprint density at radius 2 is 1.80 bits per heavy atom. The molecule has 0 aromatic heterocycles. The summed E-state index contributed by atoms with van der Waals surface area (Å²) in [4.78, 5) is 11.7. The fraction of sp³-hybridized carbons (Fsp3) is 0.533. The molecular weight excluding hydrogens is 273 g/mol. The van der Waals surface area contributed by atoms with Crippen LogP contribution >= 0.6 is 8.30 Å². The van der Waals surface area contributed by atoms with Crippen LogP contribution in [0.1, 0.15) is 34.6 Å². The molecule has 1 aromatic rings. The maximum Gasteiger partial charge on any atom is 0.326 e. The van der Waals surface area contributed by atoms with Crippen LogP contribution in [0.2, 0.25) is 0 Å². The third-order valence-electron chi connectivity index (χ3n) is 2.21. The largest absolute Gasteiger partial charge is 0.465 e. The van der Waals surface area contributed by atoms with E-state index in [0.29, 0.717) is 6.61 Å². The highest BCUT2D eigenvalue weighted by atomic mass is 31.2. The van der Waals surface area contributed by atoms with Crippen LogP contribution in [0, 0.1) is 0 Å². The zero-order valence-corrected chi connectivity index (χ0v) is 14.2. The number of hydrogen-bond donors (Lipinski definition) is 1. The quantitative estimate of drug-likeness (QED) is 0.638. The van der Waals surface area contributed by atoms with Gasteiger partial charge in [-0.3, -0.25) is 4.79 Å². The van der Waals surface area contributed by atoms with Gasteiger partial charge in [-0.15, -0.1) is 0 Å². The van der Waals surface area contributed by atoms with Gasteiger partial charge in [0.25, 0.3) is 0 Å². The second-order valence-corrected chi connectivity index (χ2v) is 5.76. The summed E-state index contributed by atoms with van der Waals surface area (Å²) in [6, 6.07) is 9.53. The molecule has 1 atom stereocenters. The summed E-state index contributed by atoms with van der Waals surface area (Å²) in [6.45, 7) is 11.7. The summed E-state index contributed by atoms with van der Waals surface area (Å²) < 4.78 is 10.7. The van der Waals surface area contributed by atoms with Crippen molar-refractivity contribution in [3.63, 3.8) is 0 Å². The van der Waals surface area contributed by atoms with E-state index in [1.807, 2.05) is 50.8 Å². The molecular formula is C15H26NO3P. The van der Waals surface area contributed by atoms with E-state index in [-0.39, 0.29) is 5.97 Å². The molecule has 0 aliphatic heterocycles. The Balaban J connectivity index is 0.00000172. The predicted molar refractivity (Wildman–Crippen MR) is 85.1 cm³/mol. The number of rotatable bonds is 6. The highest BCUT2D eigenvalue weighted by Crippen LogP contribution is 2.32. The van der Waals surface area contributed by atoms with Crippen LogP contribution in [-0.4, -0.2) is 24.8 Å². The van der Waals surface area contributed by atoms with Gasteiger partial charge in [-0.25, -0.2) is 5.09 Å². The second-order valence-electron chi connectivity index (χ2n) is 4.36. The lowest BCUT2D eigenvalue weighted by Crippen LogP contribution is -2.45. The standard InChI is InChI=1S/C13H20NO3P.C2H6/c1-5-16-12(15)13(2,3)14-18(4)17-11-9-7-6-8-10-11;1-2/h6-10,14H,5H2,1-4H3;1-2H3. The summed E-state index contributed by atoms with van der Waals surface area (Å²) >= 11 is 0. The highest BCUT2D eigenvalue weighted by Gasteiger charge is 2.31. The van der Waals surface area contributed by atoms with Crippen molar-refractivity contribution < 1.29 is 14.1 Å². The first kappa shape index (κ1) is 18.9. The van der Waals surface area contributed by atoms with Crippen LogP contribution in [0.3, 0.4) is 0 Å². The van der Waals surface area contributed by atoms with E-state index >= 15 is 0 Å². The van der Waals surface area contributed by atoms with E-state index in [1.54, 1.807) is 20.8 Å². The number of para-hydroxylation sites is 1. The van der Waals surface area contributed by atoms with Gasteiger partial charge in [0.15, 0.2) is 8.30 Å². The molecule has 4 nitrogen and oxygen atoms in total. The Kier molecular flexibility index (Phi) is 9.19. The Morgan fingerprint density at radius 3 is 2.30 bits per heavy atom. The van der Waals surface area contributed by atoms with Crippen molar-refractivity contribution in [1.29, 1.82) is 0 Å². The van der Waals surface area contributed by atoms with E-state index in [9.17, 15) is 4.79 Å². The average Bonchev–Trinajstić information content (AvgIpc) is 2.41. The van der Waals surface area contributed by atoms with Gasteiger partial charge in [-0.2, -0.15) is 0 Å². The van der Waals surface area contributed by atoms with Gasteiger partial charge in [0.2, 0.25) is 0 Å². The van der Waals surface area contributed by atoms with Gasteiger partial charge in [0, 0.05) is 6.66 Å². The normalized spacial score (nSPS) is 11.9. The van der Waals surface area contributed by atoms with Gasteiger partial charge >= 0.3 is 5.97 Å². The van der Waals surface area contributed by atoms with Crippen LogP contribution in [0.25, 0.3) is 0 Å². The molecule has 0 saturated carbocycles. The lowest BCUT2D eigenvalue weighted by Gasteiger charge is -2.27. The number of nitrogens with one attached hydrogen (secondary N) is 1. The maximum atomic E-state index is 11.7. The minimum atomic E-state index is -0.939. The van der Waals surface area contributed by atoms with E-state index in [0.717, 1.165) is 5.75 Å². The Labute approximate surface area is 123 Å². The molecule has 1 unspecified atom stereocenters. The number of carbonyl (C=O) groups is 1. The minimum Gasteiger partial charge on any atom is -0.465 e. The molecule has 1 N–H and O–H groups in total. The van der Waals surface area contributed by atoms with Gasteiger partial charge in [0.05, 0.1) is 6.61 Å². The number of esters is 1. The molecule has 1 rings (SSSR count). The molecule has 0 aliphatic rings. The topological polar surface area (TPSA) is 47.6 Å². The SMILES string of the molecule is CC.CCOC(=O)C(C)(C)NP(C)Oc1ccccc1. The lowest BCUT2D eigenvalue weighted by atomic mass is 10.1. The fourth-order valence-electron chi connectivity index (χ4n) is 1.41.